The maximum absolute atomic E-state index is 12.8. The van der Waals surface area contributed by atoms with Gasteiger partial charge in [0.15, 0.2) is 5.65 Å². The summed E-state index contributed by atoms with van der Waals surface area (Å²) >= 11 is 6.24. The summed E-state index contributed by atoms with van der Waals surface area (Å²) in [5.74, 6) is 0.104. The molecule has 4 rings (SSSR count). The van der Waals surface area contributed by atoms with Crippen molar-refractivity contribution in [3.05, 3.63) is 82.0 Å². The van der Waals surface area contributed by atoms with Gasteiger partial charge in [-0.1, -0.05) is 49.7 Å². The van der Waals surface area contributed by atoms with Gasteiger partial charge in [-0.15, -0.1) is 0 Å². The summed E-state index contributed by atoms with van der Waals surface area (Å²) in [4.78, 5) is 29.6. The minimum Gasteiger partial charge on any atom is -0.325 e. The molecule has 2 heterocycles. The van der Waals surface area contributed by atoms with Crippen molar-refractivity contribution in [3.63, 3.8) is 0 Å². The SMILES string of the molecule is CC(C)c1ccc(NC(=O)Cn2cnc3c(cnn3-c3ccccc3Cl)c2=O)cc1. The summed E-state index contributed by atoms with van der Waals surface area (Å²) in [6, 6.07) is 14.8. The molecule has 8 heteroatoms. The van der Waals surface area contributed by atoms with Gasteiger partial charge in [-0.05, 0) is 35.7 Å². The van der Waals surface area contributed by atoms with E-state index in [1.54, 1.807) is 12.1 Å². The van der Waals surface area contributed by atoms with E-state index in [2.05, 4.69) is 29.2 Å². The Labute approximate surface area is 177 Å². The van der Waals surface area contributed by atoms with E-state index in [-0.39, 0.29) is 18.0 Å². The van der Waals surface area contributed by atoms with E-state index in [1.165, 1.54) is 27.3 Å². The van der Waals surface area contributed by atoms with Crippen LogP contribution in [0.25, 0.3) is 16.7 Å². The molecule has 0 atom stereocenters. The number of amides is 1. The number of halogens is 1. The summed E-state index contributed by atoms with van der Waals surface area (Å²) in [6.45, 7) is 4.07. The normalized spacial score (nSPS) is 11.2. The third-order valence-electron chi connectivity index (χ3n) is 4.81. The van der Waals surface area contributed by atoms with Gasteiger partial charge in [-0.3, -0.25) is 14.2 Å². The Bertz CT molecular complexity index is 1270. The Hall–Kier alpha value is -3.45. The van der Waals surface area contributed by atoms with Crippen molar-refractivity contribution in [2.45, 2.75) is 26.3 Å². The monoisotopic (exact) mass is 421 g/mol. The Morgan fingerprint density at radius 2 is 1.87 bits per heavy atom. The molecule has 0 saturated carbocycles. The molecule has 7 nitrogen and oxygen atoms in total. The van der Waals surface area contributed by atoms with E-state index in [0.717, 1.165) is 0 Å². The molecular weight excluding hydrogens is 402 g/mol. The van der Waals surface area contributed by atoms with Gasteiger partial charge in [0.1, 0.15) is 18.3 Å². The molecule has 2 aromatic heterocycles. The van der Waals surface area contributed by atoms with Crippen LogP contribution in [0.15, 0.2) is 65.8 Å². The van der Waals surface area contributed by atoms with Crippen molar-refractivity contribution in [2.24, 2.45) is 0 Å². The molecule has 1 N–H and O–H groups in total. The Morgan fingerprint density at radius 1 is 1.13 bits per heavy atom. The second-order valence-corrected chi connectivity index (χ2v) is 7.65. The van der Waals surface area contributed by atoms with Gasteiger partial charge in [-0.2, -0.15) is 5.10 Å². The number of anilines is 1. The average molecular weight is 422 g/mol. The maximum atomic E-state index is 12.8. The number of hydrogen-bond acceptors (Lipinski definition) is 4. The van der Waals surface area contributed by atoms with Crippen LogP contribution in [0.3, 0.4) is 0 Å². The lowest BCUT2D eigenvalue weighted by atomic mass is 10.0. The quantitative estimate of drug-likeness (QED) is 0.528. The molecule has 0 radical (unpaired) electrons. The zero-order valence-corrected chi connectivity index (χ0v) is 17.3. The first-order valence-electron chi connectivity index (χ1n) is 9.52. The minimum atomic E-state index is -0.344. The predicted octanol–water partition coefficient (Wildman–Crippen LogP) is 4.00. The molecule has 30 heavy (non-hydrogen) atoms. The van der Waals surface area contributed by atoms with Gasteiger partial charge >= 0.3 is 0 Å². The van der Waals surface area contributed by atoms with E-state index in [1.807, 2.05) is 36.4 Å². The van der Waals surface area contributed by atoms with Crippen LogP contribution in [-0.4, -0.2) is 25.2 Å². The molecule has 0 saturated heterocycles. The van der Waals surface area contributed by atoms with Crippen LogP contribution in [0.1, 0.15) is 25.3 Å². The van der Waals surface area contributed by atoms with Crippen LogP contribution < -0.4 is 10.9 Å². The molecule has 0 fully saturated rings. The van der Waals surface area contributed by atoms with Gasteiger partial charge in [0, 0.05) is 5.69 Å². The van der Waals surface area contributed by atoms with Crippen LogP contribution in [0.4, 0.5) is 5.69 Å². The first-order chi connectivity index (χ1) is 14.4. The van der Waals surface area contributed by atoms with Gasteiger partial charge in [0.2, 0.25) is 5.91 Å². The zero-order chi connectivity index (χ0) is 21.3. The highest BCUT2D eigenvalue weighted by molar-refractivity contribution is 6.32. The molecule has 1 amide bonds. The van der Waals surface area contributed by atoms with E-state index in [4.69, 9.17) is 11.6 Å². The van der Waals surface area contributed by atoms with E-state index >= 15 is 0 Å². The molecule has 152 valence electrons. The Balaban J connectivity index is 1.56. The lowest BCUT2D eigenvalue weighted by Gasteiger charge is -2.10. The fourth-order valence-electron chi connectivity index (χ4n) is 3.17. The van der Waals surface area contributed by atoms with Crippen LogP contribution in [0, 0.1) is 0 Å². The molecular formula is C22H20ClN5O2. The number of para-hydroxylation sites is 1. The van der Waals surface area contributed by atoms with Crippen LogP contribution in [-0.2, 0) is 11.3 Å². The fraction of sp³-hybridized carbons (Fsp3) is 0.182. The maximum Gasteiger partial charge on any atom is 0.264 e. The van der Waals surface area contributed by atoms with E-state index in [9.17, 15) is 9.59 Å². The molecule has 4 aromatic rings. The van der Waals surface area contributed by atoms with Crippen LogP contribution in [0.5, 0.6) is 0 Å². The number of aromatic nitrogens is 4. The van der Waals surface area contributed by atoms with E-state index in [0.29, 0.717) is 33.3 Å². The average Bonchev–Trinajstić information content (AvgIpc) is 3.15. The molecule has 2 aromatic carbocycles. The number of rotatable bonds is 5. The highest BCUT2D eigenvalue weighted by atomic mass is 35.5. The number of carbonyl (C=O) groups is 1. The highest BCUT2D eigenvalue weighted by Gasteiger charge is 2.14. The number of hydrogen-bond donors (Lipinski definition) is 1. The number of nitrogens with zero attached hydrogens (tertiary/aromatic N) is 4. The summed E-state index contributed by atoms with van der Waals surface area (Å²) < 4.78 is 2.78. The molecule has 0 aliphatic carbocycles. The van der Waals surface area contributed by atoms with Crippen molar-refractivity contribution in [3.8, 4) is 5.69 Å². The van der Waals surface area contributed by atoms with Crippen molar-refractivity contribution in [2.75, 3.05) is 5.32 Å². The molecule has 0 bridgehead atoms. The topological polar surface area (TPSA) is 81.8 Å². The van der Waals surface area contributed by atoms with Crippen molar-refractivity contribution in [1.29, 1.82) is 0 Å². The minimum absolute atomic E-state index is 0.148. The molecule has 0 spiro atoms. The van der Waals surface area contributed by atoms with Crippen LogP contribution in [0.2, 0.25) is 5.02 Å². The summed E-state index contributed by atoms with van der Waals surface area (Å²) in [7, 11) is 0. The lowest BCUT2D eigenvalue weighted by molar-refractivity contribution is -0.116. The van der Waals surface area contributed by atoms with Gasteiger partial charge < -0.3 is 5.32 Å². The van der Waals surface area contributed by atoms with Gasteiger partial charge in [0.25, 0.3) is 5.56 Å². The summed E-state index contributed by atoms with van der Waals surface area (Å²) in [5, 5.41) is 7.87. The predicted molar refractivity (Wildman–Crippen MR) is 117 cm³/mol. The summed E-state index contributed by atoms with van der Waals surface area (Å²) in [6.07, 6.45) is 2.79. The van der Waals surface area contributed by atoms with Crippen LogP contribution >= 0.6 is 11.6 Å². The van der Waals surface area contributed by atoms with Crippen molar-refractivity contribution < 1.29 is 4.79 Å². The zero-order valence-electron chi connectivity index (χ0n) is 16.5. The van der Waals surface area contributed by atoms with Crippen molar-refractivity contribution in [1.82, 2.24) is 19.3 Å². The summed E-state index contributed by atoms with van der Waals surface area (Å²) in [5.41, 5.74) is 2.53. The number of benzene rings is 2. The lowest BCUT2D eigenvalue weighted by Crippen LogP contribution is -2.27. The Kier molecular flexibility index (Phi) is 5.37. The van der Waals surface area contributed by atoms with E-state index < -0.39 is 0 Å². The van der Waals surface area contributed by atoms with Gasteiger partial charge in [-0.25, -0.2) is 9.67 Å². The molecule has 0 aliphatic rings. The third-order valence-corrected chi connectivity index (χ3v) is 5.13. The third kappa shape index (κ3) is 3.84. The fourth-order valence-corrected chi connectivity index (χ4v) is 3.38. The van der Waals surface area contributed by atoms with Gasteiger partial charge in [0.05, 0.1) is 16.9 Å². The Morgan fingerprint density at radius 3 is 2.57 bits per heavy atom. The number of carbonyl (C=O) groups excluding carboxylic acids is 1. The standard InChI is InChI=1S/C22H20ClN5O2/c1-14(2)15-7-9-16(10-8-15)26-20(29)12-27-13-24-21-17(22(27)30)11-25-28(21)19-6-4-3-5-18(19)23/h3-11,13-14H,12H2,1-2H3,(H,26,29). The van der Waals surface area contributed by atoms with Crippen molar-refractivity contribution >= 4 is 34.2 Å². The first kappa shape index (κ1) is 19.8. The number of fused-ring (bicyclic) bond motifs is 1. The first-order valence-corrected chi connectivity index (χ1v) is 9.89. The molecule has 0 unspecified atom stereocenters. The number of nitrogens with one attached hydrogen (secondary N) is 1. The highest BCUT2D eigenvalue weighted by Crippen LogP contribution is 2.22. The molecule has 0 aliphatic heterocycles. The largest absolute Gasteiger partial charge is 0.325 e. The smallest absolute Gasteiger partial charge is 0.264 e. The second-order valence-electron chi connectivity index (χ2n) is 7.25. The second kappa shape index (κ2) is 8.12.